The van der Waals surface area contributed by atoms with Crippen LogP contribution in [0.5, 0.6) is 0 Å². The summed E-state index contributed by atoms with van der Waals surface area (Å²) in [7, 11) is 3.28. The summed E-state index contributed by atoms with van der Waals surface area (Å²) >= 11 is 0. The van der Waals surface area contributed by atoms with E-state index in [1.54, 1.807) is 20.3 Å². The molecule has 1 aromatic rings. The monoisotopic (exact) mass is 363 g/mol. The Labute approximate surface area is 154 Å². The lowest BCUT2D eigenvalue weighted by Gasteiger charge is -2.28. The summed E-state index contributed by atoms with van der Waals surface area (Å²) < 4.78 is 0. The largest absolute Gasteiger partial charge is 0.358 e. The maximum atomic E-state index is 11.0. The van der Waals surface area contributed by atoms with Gasteiger partial charge in [-0.25, -0.2) is 4.98 Å². The molecule has 1 fully saturated rings. The van der Waals surface area contributed by atoms with Gasteiger partial charge in [0, 0.05) is 52.3 Å². The Kier molecular flexibility index (Phi) is 10.8. The van der Waals surface area contributed by atoms with E-state index < -0.39 is 0 Å². The van der Waals surface area contributed by atoms with Crippen molar-refractivity contribution in [2.45, 2.75) is 25.3 Å². The number of likely N-dealkylation sites (N-methyl/N-ethyl adjacent to an activating group) is 2. The maximum absolute atomic E-state index is 11.0. The third-order valence-electron chi connectivity index (χ3n) is 4.05. The Balaban J connectivity index is 0.000000276. The zero-order valence-electron chi connectivity index (χ0n) is 15.5. The normalized spacial score (nSPS) is 14.6. The van der Waals surface area contributed by atoms with Gasteiger partial charge in [-0.15, -0.1) is 0 Å². The molecule has 0 spiro atoms. The number of nitrogens with one attached hydrogen (secondary N) is 3. The second kappa shape index (κ2) is 13.0. The number of rotatable bonds is 8. The van der Waals surface area contributed by atoms with Crippen LogP contribution in [-0.2, 0) is 20.8 Å². The van der Waals surface area contributed by atoms with E-state index in [0.29, 0.717) is 19.3 Å². The van der Waals surface area contributed by atoms with Crippen LogP contribution in [0.15, 0.2) is 18.3 Å². The quantitative estimate of drug-likeness (QED) is 0.537. The first kappa shape index (κ1) is 21.7. The molecule has 8 nitrogen and oxygen atoms in total. The molecule has 1 amide bonds. The SMILES string of the molecule is CNC(=O)C(CCC=O)NC.O=CCc1ccnc(N2CCNCC2)c1. The minimum absolute atomic E-state index is 0.0747. The molecule has 0 bridgehead atoms. The molecule has 1 atom stereocenters. The zero-order chi connectivity index (χ0) is 19.2. The average Bonchev–Trinajstić information content (AvgIpc) is 2.70. The Morgan fingerprint density at radius 3 is 2.62 bits per heavy atom. The molecule has 144 valence electrons. The zero-order valence-corrected chi connectivity index (χ0v) is 15.5. The molecule has 1 unspecified atom stereocenters. The number of carbonyl (C=O) groups is 3. The van der Waals surface area contributed by atoms with Gasteiger partial charge in [0.2, 0.25) is 5.91 Å². The molecule has 1 aliphatic rings. The van der Waals surface area contributed by atoms with E-state index in [9.17, 15) is 14.4 Å². The molecule has 1 aliphatic heterocycles. The van der Waals surface area contributed by atoms with Gasteiger partial charge in [0.05, 0.1) is 6.04 Å². The highest BCUT2D eigenvalue weighted by Gasteiger charge is 2.13. The highest BCUT2D eigenvalue weighted by molar-refractivity contribution is 5.81. The Hall–Kier alpha value is -2.32. The van der Waals surface area contributed by atoms with Crippen molar-refractivity contribution in [2.75, 3.05) is 45.2 Å². The Morgan fingerprint density at radius 1 is 1.31 bits per heavy atom. The summed E-state index contributed by atoms with van der Waals surface area (Å²) in [6, 6.07) is 3.64. The summed E-state index contributed by atoms with van der Waals surface area (Å²) in [5.74, 6) is 0.908. The molecule has 26 heavy (non-hydrogen) atoms. The lowest BCUT2D eigenvalue weighted by atomic mass is 10.1. The molecule has 0 aliphatic carbocycles. The van der Waals surface area contributed by atoms with Crippen molar-refractivity contribution in [1.82, 2.24) is 20.9 Å². The van der Waals surface area contributed by atoms with Gasteiger partial charge in [0.1, 0.15) is 18.4 Å². The number of aldehydes is 2. The van der Waals surface area contributed by atoms with Gasteiger partial charge in [-0.1, -0.05) is 0 Å². The van der Waals surface area contributed by atoms with E-state index >= 15 is 0 Å². The molecule has 2 rings (SSSR count). The number of aromatic nitrogens is 1. The molecular weight excluding hydrogens is 334 g/mol. The van der Waals surface area contributed by atoms with Crippen LogP contribution in [0, 0.1) is 0 Å². The number of anilines is 1. The topological polar surface area (TPSA) is 103 Å². The summed E-state index contributed by atoms with van der Waals surface area (Å²) in [5.41, 5.74) is 1.04. The molecular formula is C18H29N5O3. The fourth-order valence-corrected chi connectivity index (χ4v) is 2.57. The highest BCUT2D eigenvalue weighted by atomic mass is 16.2. The van der Waals surface area contributed by atoms with Gasteiger partial charge in [0.25, 0.3) is 0 Å². The van der Waals surface area contributed by atoms with E-state index in [2.05, 4.69) is 25.8 Å². The van der Waals surface area contributed by atoms with Crippen LogP contribution >= 0.6 is 0 Å². The summed E-state index contributed by atoms with van der Waals surface area (Å²) in [4.78, 5) is 37.9. The minimum Gasteiger partial charge on any atom is -0.358 e. The van der Waals surface area contributed by atoms with Crippen molar-refractivity contribution < 1.29 is 14.4 Å². The summed E-state index contributed by atoms with van der Waals surface area (Å²) in [5, 5.41) is 8.62. The molecule has 1 saturated heterocycles. The predicted molar refractivity (Wildman–Crippen MR) is 101 cm³/mol. The van der Waals surface area contributed by atoms with Crippen molar-refractivity contribution in [3.8, 4) is 0 Å². The van der Waals surface area contributed by atoms with Crippen molar-refractivity contribution >= 4 is 24.3 Å². The first-order valence-electron chi connectivity index (χ1n) is 8.83. The van der Waals surface area contributed by atoms with Crippen molar-refractivity contribution in [3.63, 3.8) is 0 Å². The number of pyridine rings is 1. The first-order chi connectivity index (χ1) is 12.7. The number of hydrogen-bond acceptors (Lipinski definition) is 7. The number of piperazine rings is 1. The molecule has 2 heterocycles. The van der Waals surface area contributed by atoms with Crippen molar-refractivity contribution in [3.05, 3.63) is 23.9 Å². The second-order valence-electron chi connectivity index (χ2n) is 5.83. The van der Waals surface area contributed by atoms with Crippen LogP contribution in [0.1, 0.15) is 18.4 Å². The van der Waals surface area contributed by atoms with Gasteiger partial charge in [-0.2, -0.15) is 0 Å². The van der Waals surface area contributed by atoms with Gasteiger partial charge in [0.15, 0.2) is 0 Å². The molecule has 3 N–H and O–H groups in total. The van der Waals surface area contributed by atoms with Crippen LogP contribution in [0.4, 0.5) is 5.82 Å². The third kappa shape index (κ3) is 7.71. The average molecular weight is 363 g/mol. The van der Waals surface area contributed by atoms with E-state index in [4.69, 9.17) is 0 Å². The second-order valence-corrected chi connectivity index (χ2v) is 5.83. The molecule has 0 aromatic carbocycles. The van der Waals surface area contributed by atoms with E-state index in [-0.39, 0.29) is 11.9 Å². The number of nitrogens with zero attached hydrogens (tertiary/aromatic N) is 2. The lowest BCUT2D eigenvalue weighted by molar-refractivity contribution is -0.122. The Bertz CT molecular complexity index is 562. The van der Waals surface area contributed by atoms with Gasteiger partial charge < -0.3 is 30.4 Å². The number of amides is 1. The minimum atomic E-state index is -0.245. The number of hydrogen-bond donors (Lipinski definition) is 3. The molecule has 1 aromatic heterocycles. The van der Waals surface area contributed by atoms with Crippen LogP contribution in [-0.4, -0.2) is 69.8 Å². The maximum Gasteiger partial charge on any atom is 0.236 e. The molecule has 8 heteroatoms. The summed E-state index contributed by atoms with van der Waals surface area (Å²) in [6.07, 6.45) is 4.96. The Morgan fingerprint density at radius 2 is 2.04 bits per heavy atom. The fraction of sp³-hybridized carbons (Fsp3) is 0.556. The van der Waals surface area contributed by atoms with Crippen molar-refractivity contribution in [2.24, 2.45) is 0 Å². The fourth-order valence-electron chi connectivity index (χ4n) is 2.57. The first-order valence-corrected chi connectivity index (χ1v) is 8.83. The van der Waals surface area contributed by atoms with Gasteiger partial charge in [-0.3, -0.25) is 4.79 Å². The van der Waals surface area contributed by atoms with E-state index in [1.807, 2.05) is 12.1 Å². The van der Waals surface area contributed by atoms with Crippen LogP contribution in [0.2, 0.25) is 0 Å². The van der Waals surface area contributed by atoms with Gasteiger partial charge in [-0.05, 0) is 31.2 Å². The predicted octanol–water partition coefficient (Wildman–Crippen LogP) is -0.468. The standard InChI is InChI=1S/C11H15N3O.C7H14N2O2/c15-8-2-10-1-3-13-11(9-10)14-6-4-12-5-7-14;1-8-6(4-3-5-10)7(11)9-2/h1,3,8-9,12H,2,4-7H2;5-6,8H,3-4H2,1-2H3,(H,9,11). The summed E-state index contributed by atoms with van der Waals surface area (Å²) in [6.45, 7) is 3.97. The van der Waals surface area contributed by atoms with E-state index in [1.165, 1.54) is 0 Å². The smallest absolute Gasteiger partial charge is 0.236 e. The lowest BCUT2D eigenvalue weighted by Crippen LogP contribution is -2.43. The molecule has 0 saturated carbocycles. The van der Waals surface area contributed by atoms with Crippen LogP contribution in [0.25, 0.3) is 0 Å². The van der Waals surface area contributed by atoms with Crippen LogP contribution < -0.4 is 20.9 Å². The van der Waals surface area contributed by atoms with Crippen molar-refractivity contribution in [1.29, 1.82) is 0 Å². The van der Waals surface area contributed by atoms with E-state index in [0.717, 1.165) is 50.1 Å². The molecule has 0 radical (unpaired) electrons. The van der Waals surface area contributed by atoms with Crippen LogP contribution in [0.3, 0.4) is 0 Å². The van der Waals surface area contributed by atoms with Gasteiger partial charge >= 0.3 is 0 Å². The third-order valence-corrected chi connectivity index (χ3v) is 4.05. The highest BCUT2D eigenvalue weighted by Crippen LogP contribution is 2.13. The number of carbonyl (C=O) groups excluding carboxylic acids is 3.